The highest BCUT2D eigenvalue weighted by atomic mass is 32.2. The van der Waals surface area contributed by atoms with Crippen LogP contribution in [-0.2, 0) is 9.73 Å². The second-order valence-corrected chi connectivity index (χ2v) is 7.28. The molecule has 98 valence electrons. The van der Waals surface area contributed by atoms with Crippen molar-refractivity contribution in [3.05, 3.63) is 35.9 Å². The van der Waals surface area contributed by atoms with Gasteiger partial charge in [0.25, 0.3) is 5.91 Å². The zero-order valence-electron chi connectivity index (χ0n) is 10.6. The second kappa shape index (κ2) is 5.20. The van der Waals surface area contributed by atoms with Crippen molar-refractivity contribution in [1.82, 2.24) is 5.32 Å². The zero-order chi connectivity index (χ0) is 13.2. The monoisotopic (exact) mass is 266 g/mol. The summed E-state index contributed by atoms with van der Waals surface area (Å²) in [4.78, 5) is 11.9. The Morgan fingerprint density at radius 3 is 2.61 bits per heavy atom. The third-order valence-electron chi connectivity index (χ3n) is 3.23. The molecule has 0 bridgehead atoms. The van der Waals surface area contributed by atoms with Gasteiger partial charge in [-0.1, -0.05) is 18.2 Å². The Kier molecular flexibility index (Phi) is 3.82. The van der Waals surface area contributed by atoms with Crippen LogP contribution in [-0.4, -0.2) is 34.7 Å². The SMILES string of the molecule is CC1NCC1CS(C)(=O)=NC(=O)c1ccccc1. The second-order valence-electron chi connectivity index (χ2n) is 4.85. The summed E-state index contributed by atoms with van der Waals surface area (Å²) in [7, 11) is -2.44. The van der Waals surface area contributed by atoms with Crippen molar-refractivity contribution >= 4 is 15.6 Å². The van der Waals surface area contributed by atoms with Crippen molar-refractivity contribution in [1.29, 1.82) is 0 Å². The highest BCUT2D eigenvalue weighted by Gasteiger charge is 2.28. The number of carbonyl (C=O) groups is 1. The van der Waals surface area contributed by atoms with Gasteiger partial charge >= 0.3 is 0 Å². The fourth-order valence-corrected chi connectivity index (χ4v) is 3.70. The van der Waals surface area contributed by atoms with Gasteiger partial charge < -0.3 is 5.32 Å². The number of hydrogen-bond donors (Lipinski definition) is 1. The zero-order valence-corrected chi connectivity index (χ0v) is 11.4. The summed E-state index contributed by atoms with van der Waals surface area (Å²) in [5.74, 6) is 0.456. The summed E-state index contributed by atoms with van der Waals surface area (Å²) in [6.45, 7) is 2.92. The van der Waals surface area contributed by atoms with Crippen molar-refractivity contribution in [2.24, 2.45) is 10.3 Å². The maximum absolute atomic E-state index is 12.3. The lowest BCUT2D eigenvalue weighted by Gasteiger charge is -2.35. The molecular weight excluding hydrogens is 248 g/mol. The maximum atomic E-state index is 12.3. The molecule has 1 amide bonds. The first kappa shape index (κ1) is 13.2. The van der Waals surface area contributed by atoms with Crippen molar-refractivity contribution in [2.45, 2.75) is 13.0 Å². The minimum Gasteiger partial charge on any atom is -0.314 e. The Morgan fingerprint density at radius 2 is 2.11 bits per heavy atom. The van der Waals surface area contributed by atoms with Gasteiger partial charge in [0.2, 0.25) is 0 Å². The molecule has 1 aromatic carbocycles. The van der Waals surface area contributed by atoms with Crippen molar-refractivity contribution in [2.75, 3.05) is 18.6 Å². The van der Waals surface area contributed by atoms with E-state index in [0.717, 1.165) is 6.54 Å². The predicted octanol–water partition coefficient (Wildman–Crippen LogP) is 1.53. The van der Waals surface area contributed by atoms with E-state index in [9.17, 15) is 9.00 Å². The van der Waals surface area contributed by atoms with Gasteiger partial charge in [-0.3, -0.25) is 4.79 Å². The summed E-state index contributed by atoms with van der Waals surface area (Å²) in [5, 5.41) is 3.21. The lowest BCUT2D eigenvalue weighted by atomic mass is 9.96. The molecule has 0 saturated carbocycles. The molecule has 18 heavy (non-hydrogen) atoms. The predicted molar refractivity (Wildman–Crippen MR) is 73.1 cm³/mol. The van der Waals surface area contributed by atoms with Gasteiger partial charge in [0, 0.05) is 30.2 Å². The maximum Gasteiger partial charge on any atom is 0.285 e. The lowest BCUT2D eigenvalue weighted by molar-refractivity contribution is 0.100. The molecule has 1 N–H and O–H groups in total. The fraction of sp³-hybridized carbons (Fsp3) is 0.462. The van der Waals surface area contributed by atoms with Crippen molar-refractivity contribution < 1.29 is 9.00 Å². The van der Waals surface area contributed by atoms with E-state index in [-0.39, 0.29) is 5.91 Å². The summed E-state index contributed by atoms with van der Waals surface area (Å²) in [6.07, 6.45) is 1.57. The minimum absolute atomic E-state index is 0.356. The standard InChI is InChI=1S/C13H18N2O2S/c1-10-12(8-14-10)9-18(2,17)15-13(16)11-6-4-3-5-7-11/h3-7,10,12,14H,8-9H2,1-2H3. The van der Waals surface area contributed by atoms with Crippen LogP contribution in [0.2, 0.25) is 0 Å². The van der Waals surface area contributed by atoms with E-state index in [1.54, 1.807) is 30.5 Å². The van der Waals surface area contributed by atoms with Crippen molar-refractivity contribution in [3.8, 4) is 0 Å². The van der Waals surface area contributed by atoms with E-state index in [4.69, 9.17) is 0 Å². The summed E-state index contributed by atoms with van der Waals surface area (Å²) < 4.78 is 16.2. The van der Waals surface area contributed by atoms with Gasteiger partial charge in [0.15, 0.2) is 0 Å². The molecule has 0 aromatic heterocycles. The molecule has 0 spiro atoms. The molecule has 0 radical (unpaired) electrons. The van der Waals surface area contributed by atoms with Crippen LogP contribution >= 0.6 is 0 Å². The van der Waals surface area contributed by atoms with E-state index < -0.39 is 9.73 Å². The van der Waals surface area contributed by atoms with Crippen LogP contribution in [0.3, 0.4) is 0 Å². The molecule has 3 atom stereocenters. The Morgan fingerprint density at radius 1 is 1.44 bits per heavy atom. The summed E-state index contributed by atoms with van der Waals surface area (Å²) in [6, 6.07) is 9.13. The van der Waals surface area contributed by atoms with Crippen molar-refractivity contribution in [3.63, 3.8) is 0 Å². The fourth-order valence-electron chi connectivity index (χ4n) is 1.97. The molecule has 1 aliphatic rings. The molecule has 3 unspecified atom stereocenters. The van der Waals surface area contributed by atoms with Crippen LogP contribution in [0.25, 0.3) is 0 Å². The van der Waals surface area contributed by atoms with Crippen LogP contribution in [0.5, 0.6) is 0 Å². The molecule has 1 fully saturated rings. The highest BCUT2D eigenvalue weighted by Crippen LogP contribution is 2.16. The van der Waals surface area contributed by atoms with Gasteiger partial charge in [-0.2, -0.15) is 4.36 Å². The molecule has 1 aliphatic heterocycles. The molecule has 1 aromatic rings. The van der Waals surface area contributed by atoms with E-state index >= 15 is 0 Å². The Hall–Kier alpha value is -1.20. The molecule has 4 nitrogen and oxygen atoms in total. The number of nitrogens with one attached hydrogen (secondary N) is 1. The van der Waals surface area contributed by atoms with E-state index in [2.05, 4.69) is 16.6 Å². The van der Waals surface area contributed by atoms with E-state index in [1.807, 2.05) is 6.07 Å². The average Bonchev–Trinajstić information content (AvgIpc) is 2.35. The van der Waals surface area contributed by atoms with Crippen LogP contribution in [0.15, 0.2) is 34.7 Å². The molecule has 5 heteroatoms. The quantitative estimate of drug-likeness (QED) is 0.902. The molecule has 0 aliphatic carbocycles. The topological polar surface area (TPSA) is 58.5 Å². The molecule has 2 rings (SSSR count). The lowest BCUT2D eigenvalue weighted by Crippen LogP contribution is -2.53. The number of benzene rings is 1. The first-order chi connectivity index (χ1) is 8.48. The van der Waals surface area contributed by atoms with E-state index in [0.29, 0.717) is 23.3 Å². The van der Waals surface area contributed by atoms with Gasteiger partial charge in [0.1, 0.15) is 0 Å². The van der Waals surface area contributed by atoms with Gasteiger partial charge in [-0.15, -0.1) is 0 Å². The number of carbonyl (C=O) groups excluding carboxylic acids is 1. The number of rotatable bonds is 3. The number of nitrogens with zero attached hydrogens (tertiary/aromatic N) is 1. The largest absolute Gasteiger partial charge is 0.314 e. The van der Waals surface area contributed by atoms with E-state index in [1.165, 1.54) is 0 Å². The molecule has 1 saturated heterocycles. The smallest absolute Gasteiger partial charge is 0.285 e. The minimum atomic E-state index is -2.44. The highest BCUT2D eigenvalue weighted by molar-refractivity contribution is 7.93. The van der Waals surface area contributed by atoms with Crippen LogP contribution < -0.4 is 5.32 Å². The first-order valence-corrected chi connectivity index (χ1v) is 8.10. The van der Waals surface area contributed by atoms with Crippen LogP contribution in [0.4, 0.5) is 0 Å². The van der Waals surface area contributed by atoms with Crippen LogP contribution in [0, 0.1) is 5.92 Å². The Bertz CT molecular complexity index is 547. The van der Waals surface area contributed by atoms with Gasteiger partial charge in [-0.05, 0) is 25.0 Å². The number of hydrogen-bond acceptors (Lipinski definition) is 3. The Balaban J connectivity index is 2.11. The molecular formula is C13H18N2O2S. The van der Waals surface area contributed by atoms with Gasteiger partial charge in [-0.25, -0.2) is 4.21 Å². The molecule has 1 heterocycles. The van der Waals surface area contributed by atoms with Crippen LogP contribution in [0.1, 0.15) is 17.3 Å². The average molecular weight is 266 g/mol. The third kappa shape index (κ3) is 3.17. The van der Waals surface area contributed by atoms with Gasteiger partial charge in [0.05, 0.1) is 9.73 Å². The normalized spacial score (nSPS) is 25.9. The third-order valence-corrected chi connectivity index (χ3v) is 4.83. The number of amides is 1. The summed E-state index contributed by atoms with van der Waals surface area (Å²) >= 11 is 0. The Labute approximate surface area is 108 Å². The summed E-state index contributed by atoms with van der Waals surface area (Å²) in [5.41, 5.74) is 0.492. The first-order valence-electron chi connectivity index (χ1n) is 6.00.